The van der Waals surface area contributed by atoms with Gasteiger partial charge in [-0.25, -0.2) is 0 Å². The highest BCUT2D eigenvalue weighted by Crippen LogP contribution is 2.23. The highest BCUT2D eigenvalue weighted by molar-refractivity contribution is 5.48. The minimum atomic E-state index is 0.399. The number of nitrogens with zero attached hydrogens (tertiary/aromatic N) is 1. The van der Waals surface area contributed by atoms with Gasteiger partial charge in [-0.05, 0) is 45.5 Å². The fourth-order valence-corrected chi connectivity index (χ4v) is 2.55. The summed E-state index contributed by atoms with van der Waals surface area (Å²) in [7, 11) is 4.10. The van der Waals surface area contributed by atoms with E-state index in [0.717, 1.165) is 43.9 Å². The number of hydrogen-bond acceptors (Lipinski definition) is 4. The van der Waals surface area contributed by atoms with Gasteiger partial charge < -0.3 is 19.7 Å². The van der Waals surface area contributed by atoms with Crippen molar-refractivity contribution in [2.75, 3.05) is 39.2 Å². The SMILES string of the molecule is CCC1CC(Nc2cccc(OCCN(C)C)c2)CCO1. The van der Waals surface area contributed by atoms with Crippen molar-refractivity contribution in [3.63, 3.8) is 0 Å². The summed E-state index contributed by atoms with van der Waals surface area (Å²) in [6.45, 7) is 4.68. The summed E-state index contributed by atoms with van der Waals surface area (Å²) in [6.07, 6.45) is 3.65. The molecule has 0 radical (unpaired) electrons. The summed E-state index contributed by atoms with van der Waals surface area (Å²) in [4.78, 5) is 2.12. The molecule has 1 aliphatic heterocycles. The average Bonchev–Trinajstić information content (AvgIpc) is 2.47. The lowest BCUT2D eigenvalue weighted by molar-refractivity contribution is 0.00925. The monoisotopic (exact) mass is 292 g/mol. The Morgan fingerprint density at radius 3 is 3.00 bits per heavy atom. The predicted octanol–water partition coefficient (Wildman–Crippen LogP) is 3.00. The third-order valence-corrected chi connectivity index (χ3v) is 3.83. The molecule has 1 saturated heterocycles. The van der Waals surface area contributed by atoms with Gasteiger partial charge >= 0.3 is 0 Å². The van der Waals surface area contributed by atoms with Crippen molar-refractivity contribution in [2.45, 2.75) is 38.3 Å². The minimum absolute atomic E-state index is 0.399. The molecule has 2 atom stereocenters. The van der Waals surface area contributed by atoms with E-state index in [1.807, 2.05) is 12.1 Å². The Kier molecular flexibility index (Phi) is 6.33. The summed E-state index contributed by atoms with van der Waals surface area (Å²) in [5, 5.41) is 3.61. The molecule has 0 spiro atoms. The Labute approximate surface area is 128 Å². The van der Waals surface area contributed by atoms with E-state index in [1.165, 1.54) is 0 Å². The fourth-order valence-electron chi connectivity index (χ4n) is 2.55. The van der Waals surface area contributed by atoms with Crippen molar-refractivity contribution in [1.82, 2.24) is 4.90 Å². The maximum absolute atomic E-state index is 5.78. The third-order valence-electron chi connectivity index (χ3n) is 3.83. The molecule has 21 heavy (non-hydrogen) atoms. The zero-order valence-electron chi connectivity index (χ0n) is 13.5. The molecule has 4 nitrogen and oxygen atoms in total. The summed E-state index contributed by atoms with van der Waals surface area (Å²) in [6, 6.07) is 8.76. The van der Waals surface area contributed by atoms with Crippen LogP contribution in [0.15, 0.2) is 24.3 Å². The molecular formula is C17H28N2O2. The Morgan fingerprint density at radius 2 is 2.24 bits per heavy atom. The lowest BCUT2D eigenvalue weighted by Crippen LogP contribution is -2.33. The quantitative estimate of drug-likeness (QED) is 0.837. The number of nitrogens with one attached hydrogen (secondary N) is 1. The van der Waals surface area contributed by atoms with Crippen LogP contribution >= 0.6 is 0 Å². The van der Waals surface area contributed by atoms with Crippen molar-refractivity contribution in [3.05, 3.63) is 24.3 Å². The van der Waals surface area contributed by atoms with Crippen LogP contribution in [0.1, 0.15) is 26.2 Å². The van der Waals surface area contributed by atoms with Gasteiger partial charge in [-0.3, -0.25) is 0 Å². The maximum Gasteiger partial charge on any atom is 0.121 e. The summed E-state index contributed by atoms with van der Waals surface area (Å²) in [5.41, 5.74) is 1.14. The second-order valence-corrected chi connectivity index (χ2v) is 5.95. The third kappa shape index (κ3) is 5.56. The molecule has 118 valence electrons. The smallest absolute Gasteiger partial charge is 0.121 e. The summed E-state index contributed by atoms with van der Waals surface area (Å²) < 4.78 is 11.5. The van der Waals surface area contributed by atoms with Crippen LogP contribution in [0.2, 0.25) is 0 Å². The van der Waals surface area contributed by atoms with Crippen LogP contribution in [-0.2, 0) is 4.74 Å². The van der Waals surface area contributed by atoms with Gasteiger partial charge in [0.25, 0.3) is 0 Å². The van der Waals surface area contributed by atoms with Crippen molar-refractivity contribution in [1.29, 1.82) is 0 Å². The first kappa shape index (κ1) is 16.1. The Morgan fingerprint density at radius 1 is 1.38 bits per heavy atom. The normalized spacial score (nSPS) is 22.3. The van der Waals surface area contributed by atoms with E-state index in [-0.39, 0.29) is 0 Å². The minimum Gasteiger partial charge on any atom is -0.492 e. The average molecular weight is 292 g/mol. The van der Waals surface area contributed by atoms with Crippen LogP contribution < -0.4 is 10.1 Å². The van der Waals surface area contributed by atoms with Crippen LogP contribution in [0.5, 0.6) is 5.75 Å². The first-order valence-electron chi connectivity index (χ1n) is 7.93. The standard InChI is InChI=1S/C17H28N2O2/c1-4-16-12-15(8-10-20-16)18-14-6-5-7-17(13-14)21-11-9-19(2)3/h5-7,13,15-16,18H,4,8-12H2,1-3H3. The van der Waals surface area contributed by atoms with E-state index in [4.69, 9.17) is 9.47 Å². The van der Waals surface area contributed by atoms with Gasteiger partial charge in [-0.1, -0.05) is 13.0 Å². The largest absolute Gasteiger partial charge is 0.492 e. The zero-order valence-corrected chi connectivity index (χ0v) is 13.5. The molecule has 4 heteroatoms. The topological polar surface area (TPSA) is 33.7 Å². The molecule has 0 amide bonds. The summed E-state index contributed by atoms with van der Waals surface area (Å²) in [5.74, 6) is 0.931. The van der Waals surface area contributed by atoms with Crippen molar-refractivity contribution < 1.29 is 9.47 Å². The molecule has 2 unspecified atom stereocenters. The first-order chi connectivity index (χ1) is 10.2. The highest BCUT2D eigenvalue weighted by atomic mass is 16.5. The van der Waals surface area contributed by atoms with Gasteiger partial charge in [0.1, 0.15) is 12.4 Å². The van der Waals surface area contributed by atoms with Crippen molar-refractivity contribution >= 4 is 5.69 Å². The zero-order chi connectivity index (χ0) is 15.1. The van der Waals surface area contributed by atoms with Crippen LogP contribution in [0, 0.1) is 0 Å². The Balaban J connectivity index is 1.85. The van der Waals surface area contributed by atoms with Gasteiger partial charge in [-0.15, -0.1) is 0 Å². The molecule has 1 aliphatic rings. The van der Waals surface area contributed by atoms with Gasteiger partial charge in [0.2, 0.25) is 0 Å². The maximum atomic E-state index is 5.78. The van der Waals surface area contributed by atoms with Crippen LogP contribution in [0.25, 0.3) is 0 Å². The van der Waals surface area contributed by atoms with Crippen LogP contribution in [0.3, 0.4) is 0 Å². The Hall–Kier alpha value is -1.26. The lowest BCUT2D eigenvalue weighted by Gasteiger charge is -2.30. The van der Waals surface area contributed by atoms with E-state index < -0.39 is 0 Å². The molecule has 0 aromatic heterocycles. The van der Waals surface area contributed by atoms with Crippen LogP contribution in [-0.4, -0.2) is 50.9 Å². The van der Waals surface area contributed by atoms with Gasteiger partial charge in [0, 0.05) is 30.9 Å². The second-order valence-electron chi connectivity index (χ2n) is 5.95. The Bertz CT molecular complexity index is 423. The van der Waals surface area contributed by atoms with Crippen molar-refractivity contribution in [3.8, 4) is 5.75 Å². The van der Waals surface area contributed by atoms with E-state index in [2.05, 4.69) is 43.4 Å². The van der Waals surface area contributed by atoms with Gasteiger partial charge in [-0.2, -0.15) is 0 Å². The molecule has 1 aromatic carbocycles. The van der Waals surface area contributed by atoms with Gasteiger partial charge in [0.05, 0.1) is 6.10 Å². The molecule has 1 heterocycles. The first-order valence-corrected chi connectivity index (χ1v) is 7.93. The number of hydrogen-bond donors (Lipinski definition) is 1. The molecule has 1 fully saturated rings. The van der Waals surface area contributed by atoms with Gasteiger partial charge in [0.15, 0.2) is 0 Å². The number of anilines is 1. The fraction of sp³-hybridized carbons (Fsp3) is 0.647. The number of benzene rings is 1. The summed E-state index contributed by atoms with van der Waals surface area (Å²) >= 11 is 0. The highest BCUT2D eigenvalue weighted by Gasteiger charge is 2.21. The van der Waals surface area contributed by atoms with Crippen molar-refractivity contribution in [2.24, 2.45) is 0 Å². The van der Waals surface area contributed by atoms with Crippen LogP contribution in [0.4, 0.5) is 5.69 Å². The number of likely N-dealkylation sites (N-methyl/N-ethyl adjacent to an activating group) is 1. The number of rotatable bonds is 7. The predicted molar refractivity (Wildman–Crippen MR) is 87.2 cm³/mol. The number of ether oxygens (including phenoxy) is 2. The molecule has 0 bridgehead atoms. The molecule has 1 aromatic rings. The van der Waals surface area contributed by atoms with E-state index in [1.54, 1.807) is 0 Å². The van der Waals surface area contributed by atoms with E-state index >= 15 is 0 Å². The molecule has 1 N–H and O–H groups in total. The van der Waals surface area contributed by atoms with E-state index in [9.17, 15) is 0 Å². The second kappa shape index (κ2) is 8.25. The molecule has 2 rings (SSSR count). The van der Waals surface area contributed by atoms with E-state index in [0.29, 0.717) is 18.8 Å². The molecular weight excluding hydrogens is 264 g/mol. The molecule has 0 saturated carbocycles. The molecule has 0 aliphatic carbocycles. The lowest BCUT2D eigenvalue weighted by atomic mass is 10.0.